The number of hydrogen-bond acceptors (Lipinski definition) is 6. The highest BCUT2D eigenvalue weighted by Gasteiger charge is 2.12. The molecular formula is C14H8N4S2. The number of nitriles is 2. The van der Waals surface area contributed by atoms with Gasteiger partial charge in [0.05, 0.1) is 0 Å². The molecule has 20 heavy (non-hydrogen) atoms. The van der Waals surface area contributed by atoms with Crippen molar-refractivity contribution in [3.63, 3.8) is 0 Å². The molecule has 4 N–H and O–H groups in total. The van der Waals surface area contributed by atoms with Crippen molar-refractivity contribution >= 4 is 54.2 Å². The van der Waals surface area contributed by atoms with Crippen LogP contribution in [0.5, 0.6) is 0 Å². The Morgan fingerprint density at radius 1 is 0.900 bits per heavy atom. The van der Waals surface area contributed by atoms with Gasteiger partial charge in [0.25, 0.3) is 0 Å². The number of nitrogens with zero attached hydrogens (tertiary/aromatic N) is 2. The van der Waals surface area contributed by atoms with E-state index in [1.54, 1.807) is 0 Å². The van der Waals surface area contributed by atoms with Gasteiger partial charge >= 0.3 is 0 Å². The first-order valence-electron chi connectivity index (χ1n) is 5.65. The molecule has 96 valence electrons. The van der Waals surface area contributed by atoms with Gasteiger partial charge in [0, 0.05) is 30.6 Å². The fourth-order valence-electron chi connectivity index (χ4n) is 2.32. The summed E-state index contributed by atoms with van der Waals surface area (Å²) in [5, 5.41) is 25.4. The van der Waals surface area contributed by atoms with Crippen molar-refractivity contribution in [3.8, 4) is 12.1 Å². The van der Waals surface area contributed by atoms with E-state index in [0.717, 1.165) is 25.4 Å². The van der Waals surface area contributed by atoms with E-state index in [1.807, 2.05) is 35.0 Å². The van der Waals surface area contributed by atoms with Crippen LogP contribution < -0.4 is 21.9 Å². The molecule has 0 atom stereocenters. The zero-order valence-corrected chi connectivity index (χ0v) is 11.8. The van der Waals surface area contributed by atoms with E-state index in [1.165, 1.54) is 22.7 Å². The van der Waals surface area contributed by atoms with Crippen molar-refractivity contribution in [2.45, 2.75) is 0 Å². The van der Waals surface area contributed by atoms with E-state index in [0.29, 0.717) is 5.22 Å². The molecule has 0 spiro atoms. The zero-order chi connectivity index (χ0) is 14.3. The highest BCUT2D eigenvalue weighted by atomic mass is 32.1. The number of nitrogens with two attached hydrogens (primary N) is 2. The minimum Gasteiger partial charge on any atom is -0.385 e. The number of rotatable bonds is 0. The normalized spacial score (nSPS) is 10.3. The molecule has 3 rings (SSSR count). The Hall–Kier alpha value is -2.54. The lowest BCUT2D eigenvalue weighted by Gasteiger charge is -2.01. The second-order valence-corrected chi connectivity index (χ2v) is 5.96. The molecule has 0 fully saturated rings. The number of benzene rings is 1. The molecule has 0 aliphatic heterocycles. The van der Waals surface area contributed by atoms with Gasteiger partial charge in [-0.3, -0.25) is 0 Å². The average Bonchev–Trinajstić information content (AvgIpc) is 3.06. The first kappa shape index (κ1) is 12.5. The summed E-state index contributed by atoms with van der Waals surface area (Å²) in [7, 11) is 0. The Morgan fingerprint density at radius 3 is 1.90 bits per heavy atom. The van der Waals surface area contributed by atoms with Crippen molar-refractivity contribution in [3.05, 3.63) is 33.3 Å². The van der Waals surface area contributed by atoms with Gasteiger partial charge < -0.3 is 11.5 Å². The molecule has 0 aliphatic carbocycles. The van der Waals surface area contributed by atoms with Gasteiger partial charge in [-0.05, 0) is 22.9 Å². The summed E-state index contributed by atoms with van der Waals surface area (Å²) in [5.74, 6) is 0.253. The van der Waals surface area contributed by atoms with Crippen molar-refractivity contribution in [2.75, 3.05) is 0 Å². The van der Waals surface area contributed by atoms with E-state index >= 15 is 0 Å². The molecule has 0 amide bonds. The zero-order valence-electron chi connectivity index (χ0n) is 10.2. The Kier molecular flexibility index (Phi) is 2.83. The third kappa shape index (κ3) is 1.56. The summed E-state index contributed by atoms with van der Waals surface area (Å²) in [6, 6.07) is 7.78. The van der Waals surface area contributed by atoms with Crippen LogP contribution in [-0.2, 0) is 0 Å². The second kappa shape index (κ2) is 4.53. The van der Waals surface area contributed by atoms with Crippen LogP contribution in [0.3, 0.4) is 0 Å². The highest BCUT2D eigenvalue weighted by molar-refractivity contribution is 7.18. The molecule has 0 saturated heterocycles. The summed E-state index contributed by atoms with van der Waals surface area (Å²) >= 11 is 2.98. The van der Waals surface area contributed by atoms with Crippen molar-refractivity contribution in [1.82, 2.24) is 0 Å². The summed E-state index contributed by atoms with van der Waals surface area (Å²) in [6.07, 6.45) is 0. The molecule has 3 aromatic rings. The van der Waals surface area contributed by atoms with Gasteiger partial charge in [-0.1, -0.05) is 0 Å². The topological polar surface area (TPSA) is 99.6 Å². The second-order valence-electron chi connectivity index (χ2n) is 4.13. The summed E-state index contributed by atoms with van der Waals surface area (Å²) in [5.41, 5.74) is 11.8. The molecule has 0 aliphatic rings. The van der Waals surface area contributed by atoms with E-state index in [9.17, 15) is 10.5 Å². The summed E-state index contributed by atoms with van der Waals surface area (Å²) < 4.78 is 1.78. The van der Waals surface area contributed by atoms with Crippen LogP contribution in [0.2, 0.25) is 0 Å². The van der Waals surface area contributed by atoms with Gasteiger partial charge in [-0.15, -0.1) is 22.7 Å². The molecule has 0 radical (unpaired) electrons. The Labute approximate surface area is 122 Å². The van der Waals surface area contributed by atoms with Crippen molar-refractivity contribution in [2.24, 2.45) is 11.5 Å². The van der Waals surface area contributed by atoms with E-state index in [4.69, 9.17) is 11.5 Å². The number of fused-ring (bicyclic) bond motifs is 2. The predicted molar refractivity (Wildman–Crippen MR) is 82.9 cm³/mol. The molecule has 6 heteroatoms. The molecular weight excluding hydrogens is 288 g/mol. The predicted octanol–water partition coefficient (Wildman–Crippen LogP) is 1.30. The third-order valence-electron chi connectivity index (χ3n) is 3.09. The lowest BCUT2D eigenvalue weighted by molar-refractivity contribution is 1.44. The molecule has 2 heterocycles. The van der Waals surface area contributed by atoms with Crippen LogP contribution in [0.15, 0.2) is 22.9 Å². The molecule has 0 bridgehead atoms. The van der Waals surface area contributed by atoms with E-state index in [-0.39, 0.29) is 11.4 Å². The van der Waals surface area contributed by atoms with Crippen LogP contribution in [0.4, 0.5) is 0 Å². The van der Waals surface area contributed by atoms with E-state index in [2.05, 4.69) is 0 Å². The lowest BCUT2D eigenvalue weighted by Crippen LogP contribution is -2.23. The van der Waals surface area contributed by atoms with Crippen molar-refractivity contribution in [1.29, 1.82) is 10.5 Å². The van der Waals surface area contributed by atoms with Crippen LogP contribution in [-0.4, -0.2) is 0 Å². The lowest BCUT2D eigenvalue weighted by atomic mass is 10.1. The van der Waals surface area contributed by atoms with Crippen LogP contribution >= 0.6 is 22.7 Å². The molecule has 0 unspecified atom stereocenters. The third-order valence-corrected chi connectivity index (χ3v) is 4.95. The van der Waals surface area contributed by atoms with Crippen molar-refractivity contribution < 1.29 is 0 Å². The van der Waals surface area contributed by atoms with Gasteiger partial charge in [0.2, 0.25) is 0 Å². The monoisotopic (exact) mass is 296 g/mol. The van der Waals surface area contributed by atoms with E-state index < -0.39 is 0 Å². The van der Waals surface area contributed by atoms with Gasteiger partial charge in [0.1, 0.15) is 23.5 Å². The Bertz CT molecular complexity index is 963. The van der Waals surface area contributed by atoms with Gasteiger partial charge in [-0.2, -0.15) is 10.5 Å². The fraction of sp³-hybridized carbons (Fsp3) is 0. The number of hydrogen-bond donors (Lipinski definition) is 2. The molecule has 2 aromatic heterocycles. The highest BCUT2D eigenvalue weighted by Crippen LogP contribution is 2.22. The smallest absolute Gasteiger partial charge is 0.138 e. The Morgan fingerprint density at radius 2 is 1.40 bits per heavy atom. The molecule has 0 saturated carbocycles. The van der Waals surface area contributed by atoms with Gasteiger partial charge in [-0.25, -0.2) is 0 Å². The number of thiophene rings is 2. The van der Waals surface area contributed by atoms with Gasteiger partial charge in [0.15, 0.2) is 0 Å². The van der Waals surface area contributed by atoms with Crippen LogP contribution in [0, 0.1) is 22.7 Å². The quantitative estimate of drug-likeness (QED) is 0.653. The average molecular weight is 296 g/mol. The fourth-order valence-corrected chi connectivity index (χ4v) is 4.27. The summed E-state index contributed by atoms with van der Waals surface area (Å²) in [6.45, 7) is 0. The molecule has 1 aromatic carbocycles. The maximum Gasteiger partial charge on any atom is 0.138 e. The maximum absolute atomic E-state index is 9.20. The largest absolute Gasteiger partial charge is 0.385 e. The molecule has 4 nitrogen and oxygen atoms in total. The van der Waals surface area contributed by atoms with Crippen LogP contribution in [0.25, 0.3) is 31.6 Å². The maximum atomic E-state index is 9.20. The standard InChI is InChI=1S/C14H8N4S2/c15-5-7(6-16)10-8-1-3-20-13(8)11(14(17)18)9-2-4-19-12(9)10/h1-4H,17-18H2. The minimum atomic E-state index is 0.114. The first-order valence-corrected chi connectivity index (χ1v) is 7.41. The Balaban J connectivity index is 2.88. The SMILES string of the molecule is N#CC(C#N)=c1c2ccsc2c(=C(N)N)c2ccsc12. The minimum absolute atomic E-state index is 0.114. The first-order chi connectivity index (χ1) is 9.69. The summed E-state index contributed by atoms with van der Waals surface area (Å²) in [4.78, 5) is 0. The van der Waals surface area contributed by atoms with Crippen LogP contribution in [0.1, 0.15) is 0 Å².